The van der Waals surface area contributed by atoms with E-state index in [1.807, 2.05) is 79.7 Å². The largest absolute Gasteiger partial charge is 0.469 e. The van der Waals surface area contributed by atoms with Gasteiger partial charge < -0.3 is 15.1 Å². The van der Waals surface area contributed by atoms with Crippen molar-refractivity contribution in [1.82, 2.24) is 10.6 Å². The first kappa shape index (κ1) is 16.8. The summed E-state index contributed by atoms with van der Waals surface area (Å²) in [6, 6.07) is 23.3. The minimum absolute atomic E-state index is 0.0293. The summed E-state index contributed by atoms with van der Waals surface area (Å²) in [5, 5.41) is 6.06. The average molecular weight is 334 g/mol. The lowest BCUT2D eigenvalue weighted by molar-refractivity contribution is 0.235. The van der Waals surface area contributed by atoms with Gasteiger partial charge in [0.25, 0.3) is 0 Å². The van der Waals surface area contributed by atoms with Gasteiger partial charge in [-0.1, -0.05) is 60.7 Å². The molecule has 0 aliphatic heterocycles. The van der Waals surface area contributed by atoms with Gasteiger partial charge in [0.1, 0.15) is 5.76 Å². The van der Waals surface area contributed by atoms with Crippen LogP contribution in [-0.2, 0) is 6.42 Å². The summed E-state index contributed by atoms with van der Waals surface area (Å²) in [6.45, 7) is 1.96. The number of carbonyl (C=O) groups excluding carboxylic acids is 1. The van der Waals surface area contributed by atoms with Crippen LogP contribution in [-0.4, -0.2) is 12.1 Å². The topological polar surface area (TPSA) is 54.3 Å². The lowest BCUT2D eigenvalue weighted by Crippen LogP contribution is -2.43. The number of amides is 2. The SMILES string of the molecule is CC(Cc1ccco1)NC(=O)NC(c1ccccc1)c1ccccc1. The van der Waals surface area contributed by atoms with Crippen LogP contribution >= 0.6 is 0 Å². The number of rotatable bonds is 6. The van der Waals surface area contributed by atoms with E-state index in [-0.39, 0.29) is 18.1 Å². The standard InChI is InChI=1S/C21H22N2O2/c1-16(15-19-13-8-14-25-19)22-21(24)23-20(17-9-4-2-5-10-17)18-11-6-3-7-12-18/h2-14,16,20H,15H2,1H3,(H2,22,23,24). The van der Waals surface area contributed by atoms with Crippen LogP contribution in [0.1, 0.15) is 29.9 Å². The molecule has 0 saturated heterocycles. The van der Waals surface area contributed by atoms with Gasteiger partial charge in [-0.3, -0.25) is 0 Å². The van der Waals surface area contributed by atoms with E-state index in [9.17, 15) is 4.79 Å². The Morgan fingerprint density at radius 3 is 2.00 bits per heavy atom. The molecule has 25 heavy (non-hydrogen) atoms. The monoisotopic (exact) mass is 334 g/mol. The molecule has 0 bridgehead atoms. The van der Waals surface area contributed by atoms with Crippen molar-refractivity contribution >= 4 is 6.03 Å². The summed E-state index contributed by atoms with van der Waals surface area (Å²) in [5.74, 6) is 0.857. The molecule has 2 N–H and O–H groups in total. The maximum Gasteiger partial charge on any atom is 0.315 e. The van der Waals surface area contributed by atoms with Gasteiger partial charge in [-0.2, -0.15) is 0 Å². The number of nitrogens with one attached hydrogen (secondary N) is 2. The van der Waals surface area contributed by atoms with Gasteiger partial charge in [0.15, 0.2) is 0 Å². The van der Waals surface area contributed by atoms with E-state index >= 15 is 0 Å². The molecule has 2 amide bonds. The number of urea groups is 1. The summed E-state index contributed by atoms with van der Waals surface area (Å²) in [6.07, 6.45) is 2.30. The first-order chi connectivity index (χ1) is 12.2. The Hall–Kier alpha value is -3.01. The van der Waals surface area contributed by atoms with Crippen molar-refractivity contribution in [3.63, 3.8) is 0 Å². The molecule has 0 aliphatic carbocycles. The number of hydrogen-bond donors (Lipinski definition) is 2. The summed E-state index contributed by atoms with van der Waals surface area (Å²) in [5.41, 5.74) is 2.09. The molecule has 4 nitrogen and oxygen atoms in total. The molecule has 1 unspecified atom stereocenters. The fourth-order valence-corrected chi connectivity index (χ4v) is 2.83. The van der Waals surface area contributed by atoms with Crippen LogP contribution in [0, 0.1) is 0 Å². The maximum absolute atomic E-state index is 12.5. The van der Waals surface area contributed by atoms with Gasteiger partial charge in [-0.25, -0.2) is 4.79 Å². The van der Waals surface area contributed by atoms with E-state index in [1.54, 1.807) is 6.26 Å². The molecule has 2 aromatic carbocycles. The first-order valence-electron chi connectivity index (χ1n) is 8.41. The van der Waals surface area contributed by atoms with Crippen LogP contribution < -0.4 is 10.6 Å². The highest BCUT2D eigenvalue weighted by molar-refractivity contribution is 5.75. The molecule has 0 aliphatic rings. The average Bonchev–Trinajstić information content (AvgIpc) is 3.14. The van der Waals surface area contributed by atoms with Crippen LogP contribution in [0.15, 0.2) is 83.5 Å². The molecule has 0 saturated carbocycles. The molecule has 128 valence electrons. The van der Waals surface area contributed by atoms with Crippen LogP contribution in [0.2, 0.25) is 0 Å². The van der Waals surface area contributed by atoms with Crippen LogP contribution in [0.3, 0.4) is 0 Å². The second-order valence-corrected chi connectivity index (χ2v) is 6.06. The molecule has 3 aromatic rings. The molecule has 0 radical (unpaired) electrons. The predicted molar refractivity (Wildman–Crippen MR) is 98.3 cm³/mol. The lowest BCUT2D eigenvalue weighted by Gasteiger charge is -2.22. The smallest absolute Gasteiger partial charge is 0.315 e. The zero-order valence-electron chi connectivity index (χ0n) is 14.2. The highest BCUT2D eigenvalue weighted by Gasteiger charge is 2.17. The maximum atomic E-state index is 12.5. The molecule has 1 atom stereocenters. The number of benzene rings is 2. The molecule has 4 heteroatoms. The highest BCUT2D eigenvalue weighted by atomic mass is 16.3. The lowest BCUT2D eigenvalue weighted by atomic mass is 9.99. The van der Waals surface area contributed by atoms with Gasteiger partial charge in [0.05, 0.1) is 12.3 Å². The number of hydrogen-bond acceptors (Lipinski definition) is 2. The van der Waals surface area contributed by atoms with E-state index in [0.717, 1.165) is 16.9 Å². The predicted octanol–water partition coefficient (Wildman–Crippen LogP) is 4.30. The van der Waals surface area contributed by atoms with Gasteiger partial charge in [0.2, 0.25) is 0 Å². The minimum atomic E-state index is -0.197. The third-order valence-electron chi connectivity index (χ3n) is 4.01. The van der Waals surface area contributed by atoms with Crippen molar-refractivity contribution in [2.45, 2.75) is 25.4 Å². The molecule has 0 fully saturated rings. The normalized spacial score (nSPS) is 11.9. The molecule has 1 aromatic heterocycles. The fourth-order valence-electron chi connectivity index (χ4n) is 2.83. The van der Waals surface area contributed by atoms with Crippen LogP contribution in [0.25, 0.3) is 0 Å². The molecular formula is C21H22N2O2. The van der Waals surface area contributed by atoms with Crippen molar-refractivity contribution in [3.05, 3.63) is 95.9 Å². The zero-order valence-corrected chi connectivity index (χ0v) is 14.2. The Morgan fingerprint density at radius 1 is 0.880 bits per heavy atom. The van der Waals surface area contributed by atoms with Crippen molar-refractivity contribution in [2.75, 3.05) is 0 Å². The Morgan fingerprint density at radius 2 is 1.48 bits per heavy atom. The van der Waals surface area contributed by atoms with Gasteiger partial charge in [0, 0.05) is 12.5 Å². The number of furan rings is 1. The first-order valence-corrected chi connectivity index (χ1v) is 8.41. The summed E-state index contributed by atoms with van der Waals surface area (Å²) in [4.78, 5) is 12.5. The Balaban J connectivity index is 1.68. The molecule has 3 rings (SSSR count). The molecular weight excluding hydrogens is 312 g/mol. The van der Waals surface area contributed by atoms with Crippen molar-refractivity contribution in [3.8, 4) is 0 Å². The second kappa shape index (κ2) is 8.20. The van der Waals surface area contributed by atoms with Crippen molar-refractivity contribution in [1.29, 1.82) is 0 Å². The highest BCUT2D eigenvalue weighted by Crippen LogP contribution is 2.21. The zero-order chi connectivity index (χ0) is 17.5. The Kier molecular flexibility index (Phi) is 5.52. The minimum Gasteiger partial charge on any atom is -0.469 e. The van der Waals surface area contributed by atoms with Gasteiger partial charge in [-0.05, 0) is 30.2 Å². The third-order valence-corrected chi connectivity index (χ3v) is 4.01. The second-order valence-electron chi connectivity index (χ2n) is 6.06. The van der Waals surface area contributed by atoms with Crippen molar-refractivity contribution in [2.24, 2.45) is 0 Å². The Labute approximate surface area is 147 Å². The number of carbonyl (C=O) groups is 1. The molecule has 0 spiro atoms. The summed E-state index contributed by atoms with van der Waals surface area (Å²) < 4.78 is 5.33. The summed E-state index contributed by atoms with van der Waals surface area (Å²) in [7, 11) is 0. The van der Waals surface area contributed by atoms with E-state index in [4.69, 9.17) is 4.42 Å². The van der Waals surface area contributed by atoms with E-state index in [2.05, 4.69) is 10.6 Å². The van der Waals surface area contributed by atoms with Crippen LogP contribution in [0.4, 0.5) is 4.79 Å². The third kappa shape index (κ3) is 4.73. The van der Waals surface area contributed by atoms with E-state index in [1.165, 1.54) is 0 Å². The Bertz CT molecular complexity index is 731. The molecule has 1 heterocycles. The fraction of sp³-hybridized carbons (Fsp3) is 0.190. The summed E-state index contributed by atoms with van der Waals surface area (Å²) >= 11 is 0. The van der Waals surface area contributed by atoms with Crippen LogP contribution in [0.5, 0.6) is 0 Å². The van der Waals surface area contributed by atoms with Crippen molar-refractivity contribution < 1.29 is 9.21 Å². The van der Waals surface area contributed by atoms with Gasteiger partial charge in [-0.15, -0.1) is 0 Å². The van der Waals surface area contributed by atoms with E-state index < -0.39 is 0 Å². The van der Waals surface area contributed by atoms with Gasteiger partial charge >= 0.3 is 6.03 Å². The van der Waals surface area contributed by atoms with E-state index in [0.29, 0.717) is 6.42 Å². The quantitative estimate of drug-likeness (QED) is 0.706.